The number of para-hydroxylation sites is 1. The van der Waals surface area contributed by atoms with Gasteiger partial charge < -0.3 is 15.4 Å². The molecule has 1 aliphatic rings. The van der Waals surface area contributed by atoms with Crippen LogP contribution in [0.5, 0.6) is 5.75 Å². The predicted molar refractivity (Wildman–Crippen MR) is 84.3 cm³/mol. The third-order valence-electron chi connectivity index (χ3n) is 3.83. The van der Waals surface area contributed by atoms with Crippen LogP contribution in [0.15, 0.2) is 24.3 Å². The first-order chi connectivity index (χ1) is 9.66. The Kier molecular flexibility index (Phi) is 5.86. The van der Waals surface area contributed by atoms with Crippen LogP contribution < -0.4 is 15.4 Å². The summed E-state index contributed by atoms with van der Waals surface area (Å²) >= 11 is 0. The van der Waals surface area contributed by atoms with Crippen LogP contribution in [-0.2, 0) is 0 Å². The second-order valence-corrected chi connectivity index (χ2v) is 5.98. The average Bonchev–Trinajstić information content (AvgIpc) is 2.46. The van der Waals surface area contributed by atoms with Gasteiger partial charge in [0.25, 0.3) is 0 Å². The lowest BCUT2D eigenvalue weighted by Gasteiger charge is -2.26. The molecule has 112 valence electrons. The van der Waals surface area contributed by atoms with Gasteiger partial charge in [0.2, 0.25) is 0 Å². The van der Waals surface area contributed by atoms with E-state index in [-0.39, 0.29) is 6.10 Å². The third kappa shape index (κ3) is 4.50. The number of hydrogen-bond acceptors (Lipinski definition) is 3. The summed E-state index contributed by atoms with van der Waals surface area (Å²) in [6.45, 7) is 8.54. The van der Waals surface area contributed by atoms with Gasteiger partial charge in [-0.1, -0.05) is 24.6 Å². The van der Waals surface area contributed by atoms with Gasteiger partial charge in [-0.15, -0.1) is 0 Å². The van der Waals surface area contributed by atoms with E-state index in [0.29, 0.717) is 12.1 Å². The van der Waals surface area contributed by atoms with Gasteiger partial charge in [0.05, 0.1) is 6.10 Å². The largest absolute Gasteiger partial charge is 0.491 e. The third-order valence-corrected chi connectivity index (χ3v) is 3.83. The summed E-state index contributed by atoms with van der Waals surface area (Å²) in [5.41, 5.74) is 1.25. The topological polar surface area (TPSA) is 33.3 Å². The molecule has 2 rings (SSSR count). The maximum absolute atomic E-state index is 5.90. The fourth-order valence-corrected chi connectivity index (χ4v) is 2.73. The monoisotopic (exact) mass is 276 g/mol. The Morgan fingerprint density at radius 3 is 2.75 bits per heavy atom. The normalized spacial score (nSPS) is 20.9. The maximum Gasteiger partial charge on any atom is 0.124 e. The SMILES string of the molecule is CC(C)Oc1ccccc1C(C)NCC1CCCCN1. The Morgan fingerprint density at radius 2 is 2.05 bits per heavy atom. The van der Waals surface area contributed by atoms with E-state index in [9.17, 15) is 0 Å². The molecule has 0 bridgehead atoms. The van der Waals surface area contributed by atoms with E-state index in [2.05, 4.69) is 49.6 Å². The molecule has 20 heavy (non-hydrogen) atoms. The quantitative estimate of drug-likeness (QED) is 0.836. The lowest BCUT2D eigenvalue weighted by Crippen LogP contribution is -2.42. The predicted octanol–water partition coefficient (Wildman–Crippen LogP) is 3.27. The van der Waals surface area contributed by atoms with E-state index >= 15 is 0 Å². The van der Waals surface area contributed by atoms with E-state index in [1.54, 1.807) is 0 Å². The van der Waals surface area contributed by atoms with Gasteiger partial charge >= 0.3 is 0 Å². The second-order valence-electron chi connectivity index (χ2n) is 5.98. The van der Waals surface area contributed by atoms with Gasteiger partial charge in [-0.2, -0.15) is 0 Å². The van der Waals surface area contributed by atoms with Crippen LogP contribution in [0.1, 0.15) is 51.6 Å². The molecule has 1 aromatic carbocycles. The van der Waals surface area contributed by atoms with Gasteiger partial charge in [0, 0.05) is 24.2 Å². The van der Waals surface area contributed by atoms with Crippen molar-refractivity contribution in [3.8, 4) is 5.75 Å². The molecule has 0 radical (unpaired) electrons. The summed E-state index contributed by atoms with van der Waals surface area (Å²) in [5.74, 6) is 0.999. The summed E-state index contributed by atoms with van der Waals surface area (Å²) in [5, 5.41) is 7.22. The van der Waals surface area contributed by atoms with Crippen molar-refractivity contribution < 1.29 is 4.74 Å². The fourth-order valence-electron chi connectivity index (χ4n) is 2.73. The molecule has 1 aromatic rings. The van der Waals surface area contributed by atoms with E-state index in [4.69, 9.17) is 4.74 Å². The summed E-state index contributed by atoms with van der Waals surface area (Å²) in [4.78, 5) is 0. The van der Waals surface area contributed by atoms with Crippen molar-refractivity contribution in [2.75, 3.05) is 13.1 Å². The van der Waals surface area contributed by atoms with Crippen molar-refractivity contribution in [1.29, 1.82) is 0 Å². The van der Waals surface area contributed by atoms with Crippen LogP contribution in [-0.4, -0.2) is 25.2 Å². The molecule has 1 fully saturated rings. The Morgan fingerprint density at radius 1 is 1.25 bits per heavy atom. The molecule has 0 amide bonds. The zero-order chi connectivity index (χ0) is 14.4. The van der Waals surface area contributed by atoms with Crippen LogP contribution in [0.2, 0.25) is 0 Å². The minimum atomic E-state index is 0.211. The minimum Gasteiger partial charge on any atom is -0.491 e. The number of rotatable bonds is 6. The Hall–Kier alpha value is -1.06. The van der Waals surface area contributed by atoms with E-state index in [1.165, 1.54) is 24.8 Å². The smallest absolute Gasteiger partial charge is 0.124 e. The van der Waals surface area contributed by atoms with Crippen LogP contribution in [0, 0.1) is 0 Å². The Bertz CT molecular complexity index is 400. The Labute approximate surface area is 123 Å². The lowest BCUT2D eigenvalue weighted by molar-refractivity contribution is 0.237. The van der Waals surface area contributed by atoms with Crippen molar-refractivity contribution in [1.82, 2.24) is 10.6 Å². The van der Waals surface area contributed by atoms with Crippen molar-refractivity contribution in [3.05, 3.63) is 29.8 Å². The van der Waals surface area contributed by atoms with Gasteiger partial charge in [-0.25, -0.2) is 0 Å². The zero-order valence-corrected chi connectivity index (χ0v) is 13.0. The van der Waals surface area contributed by atoms with Crippen LogP contribution in [0.4, 0.5) is 0 Å². The summed E-state index contributed by atoms with van der Waals surface area (Å²) in [7, 11) is 0. The molecule has 0 aliphatic carbocycles. The van der Waals surface area contributed by atoms with Gasteiger partial charge in [-0.05, 0) is 46.2 Å². The van der Waals surface area contributed by atoms with Crippen molar-refractivity contribution >= 4 is 0 Å². The van der Waals surface area contributed by atoms with Gasteiger partial charge in [0.1, 0.15) is 5.75 Å². The highest BCUT2D eigenvalue weighted by Crippen LogP contribution is 2.25. The molecule has 0 saturated carbocycles. The minimum absolute atomic E-state index is 0.211. The van der Waals surface area contributed by atoms with Crippen LogP contribution in [0.3, 0.4) is 0 Å². The number of piperidine rings is 1. The molecular formula is C17H28N2O. The number of nitrogens with one attached hydrogen (secondary N) is 2. The molecule has 2 N–H and O–H groups in total. The first-order valence-electron chi connectivity index (χ1n) is 7.89. The highest BCUT2D eigenvalue weighted by molar-refractivity contribution is 5.35. The molecular weight excluding hydrogens is 248 g/mol. The summed E-state index contributed by atoms with van der Waals surface area (Å²) < 4.78 is 5.90. The molecule has 3 nitrogen and oxygen atoms in total. The van der Waals surface area contributed by atoms with Crippen molar-refractivity contribution in [2.24, 2.45) is 0 Å². The first-order valence-corrected chi connectivity index (χ1v) is 7.89. The number of benzene rings is 1. The molecule has 1 heterocycles. The standard InChI is InChI=1S/C17H28N2O/c1-13(2)20-17-10-5-4-9-16(17)14(3)19-12-15-8-6-7-11-18-15/h4-5,9-10,13-15,18-19H,6-8,11-12H2,1-3H3. The molecule has 0 aromatic heterocycles. The number of ether oxygens (including phenoxy) is 1. The molecule has 3 heteroatoms. The van der Waals surface area contributed by atoms with E-state index < -0.39 is 0 Å². The first kappa shape index (κ1) is 15.3. The number of hydrogen-bond donors (Lipinski definition) is 2. The van der Waals surface area contributed by atoms with Crippen molar-refractivity contribution in [3.63, 3.8) is 0 Å². The van der Waals surface area contributed by atoms with Gasteiger partial charge in [-0.3, -0.25) is 0 Å². The molecule has 1 saturated heterocycles. The molecule has 2 unspecified atom stereocenters. The van der Waals surface area contributed by atoms with Crippen molar-refractivity contribution in [2.45, 2.75) is 58.2 Å². The second kappa shape index (κ2) is 7.65. The van der Waals surface area contributed by atoms with Crippen LogP contribution in [0.25, 0.3) is 0 Å². The fraction of sp³-hybridized carbons (Fsp3) is 0.647. The van der Waals surface area contributed by atoms with Crippen LogP contribution >= 0.6 is 0 Å². The lowest BCUT2D eigenvalue weighted by atomic mass is 10.0. The van der Waals surface area contributed by atoms with E-state index in [1.807, 2.05) is 6.07 Å². The Balaban J connectivity index is 1.92. The highest BCUT2D eigenvalue weighted by atomic mass is 16.5. The molecule has 1 aliphatic heterocycles. The van der Waals surface area contributed by atoms with Gasteiger partial charge in [0.15, 0.2) is 0 Å². The molecule has 2 atom stereocenters. The van der Waals surface area contributed by atoms with E-state index in [0.717, 1.165) is 18.8 Å². The summed E-state index contributed by atoms with van der Waals surface area (Å²) in [6, 6.07) is 9.27. The maximum atomic E-state index is 5.90. The molecule has 0 spiro atoms. The highest BCUT2D eigenvalue weighted by Gasteiger charge is 2.16. The average molecular weight is 276 g/mol. The summed E-state index contributed by atoms with van der Waals surface area (Å²) in [6.07, 6.45) is 4.16. The zero-order valence-electron chi connectivity index (χ0n) is 13.0.